The Morgan fingerprint density at radius 2 is 1.75 bits per heavy atom. The molecule has 0 spiro atoms. The number of ether oxygens (including phenoxy) is 1. The summed E-state index contributed by atoms with van der Waals surface area (Å²) in [5.41, 5.74) is 2.18. The van der Waals surface area contributed by atoms with Gasteiger partial charge in [-0.3, -0.25) is 0 Å². The van der Waals surface area contributed by atoms with E-state index in [-0.39, 0.29) is 0 Å². The van der Waals surface area contributed by atoms with Gasteiger partial charge in [0.1, 0.15) is 0 Å². The normalized spacial score (nSPS) is 17.3. The molecule has 2 aromatic rings. The molecule has 2 aromatic carbocycles. The molecule has 1 N–H and O–H groups in total. The lowest BCUT2D eigenvalue weighted by Gasteiger charge is -2.40. The predicted molar refractivity (Wildman–Crippen MR) is 101 cm³/mol. The molecule has 2 heteroatoms. The lowest BCUT2D eigenvalue weighted by Crippen LogP contribution is -2.50. The monoisotopic (exact) mass is 324 g/mol. The van der Waals surface area contributed by atoms with Crippen LogP contribution in [0, 0.1) is 0 Å². The number of hydrogen-bond donors (Lipinski definition) is 1. The van der Waals surface area contributed by atoms with Gasteiger partial charge in [-0.2, -0.15) is 0 Å². The van der Waals surface area contributed by atoms with E-state index in [9.17, 15) is 5.11 Å². The van der Waals surface area contributed by atoms with Crippen LogP contribution in [0.15, 0.2) is 43.0 Å². The van der Waals surface area contributed by atoms with Crippen LogP contribution in [0.2, 0.25) is 0 Å². The third-order valence-corrected chi connectivity index (χ3v) is 5.50. The van der Waals surface area contributed by atoms with E-state index in [1.807, 2.05) is 20.8 Å². The van der Waals surface area contributed by atoms with Gasteiger partial charge in [0.2, 0.25) is 0 Å². The quantitative estimate of drug-likeness (QED) is 0.790. The van der Waals surface area contributed by atoms with E-state index < -0.39 is 11.2 Å². The molecule has 1 aliphatic rings. The molecular weight excluding hydrogens is 296 g/mol. The Morgan fingerprint density at radius 3 is 2.38 bits per heavy atom. The van der Waals surface area contributed by atoms with Gasteiger partial charge in [-0.1, -0.05) is 61.4 Å². The summed E-state index contributed by atoms with van der Waals surface area (Å²) in [7, 11) is 0. The predicted octanol–water partition coefficient (Wildman–Crippen LogP) is 5.47. The zero-order valence-corrected chi connectivity index (χ0v) is 15.1. The molecule has 0 amide bonds. The van der Waals surface area contributed by atoms with E-state index in [2.05, 4.69) is 43.0 Å². The van der Waals surface area contributed by atoms with Crippen LogP contribution in [0.3, 0.4) is 0 Å². The van der Waals surface area contributed by atoms with E-state index in [1.165, 1.54) is 21.9 Å². The van der Waals surface area contributed by atoms with Crippen LogP contribution < -0.4 is 0 Å². The van der Waals surface area contributed by atoms with Crippen LogP contribution in [0.5, 0.6) is 0 Å². The maximum Gasteiger partial charge on any atom is 0.0967 e. The molecule has 128 valence electrons. The lowest BCUT2D eigenvalue weighted by atomic mass is 9.84. The Hall–Kier alpha value is -1.64. The van der Waals surface area contributed by atoms with Gasteiger partial charge in [0.15, 0.2) is 0 Å². The fourth-order valence-electron chi connectivity index (χ4n) is 3.97. The second kappa shape index (κ2) is 6.34. The maximum absolute atomic E-state index is 10.6. The summed E-state index contributed by atoms with van der Waals surface area (Å²) >= 11 is 0. The Balaban J connectivity index is 1.93. The molecule has 0 radical (unpaired) electrons. The minimum atomic E-state index is -0.822. The molecular formula is C22H28O2. The first-order valence-corrected chi connectivity index (χ1v) is 8.87. The van der Waals surface area contributed by atoms with Crippen molar-refractivity contribution in [3.05, 3.63) is 54.1 Å². The highest BCUT2D eigenvalue weighted by Gasteiger charge is 2.47. The number of hydrogen-bond acceptors (Lipinski definition) is 2. The third kappa shape index (κ3) is 3.01. The Labute approximate surface area is 145 Å². The highest BCUT2D eigenvalue weighted by Crippen LogP contribution is 2.42. The van der Waals surface area contributed by atoms with Crippen molar-refractivity contribution in [2.45, 2.75) is 64.3 Å². The van der Waals surface area contributed by atoms with Gasteiger partial charge in [-0.15, -0.1) is 0 Å². The summed E-state index contributed by atoms with van der Waals surface area (Å²) in [5.74, 6) is 0. The van der Waals surface area contributed by atoms with E-state index in [0.29, 0.717) is 6.61 Å². The molecule has 0 saturated heterocycles. The van der Waals surface area contributed by atoms with Gasteiger partial charge in [0, 0.05) is 0 Å². The standard InChI is InChI=1S/C22H28O2/c1-16(2)18-10-8-11-19-17(9-7-12-20(18)19)15-24-22(21(3,4)23)13-5-6-14-22/h7-12,23H,1,5-6,13-15H2,2-4H3. The van der Waals surface area contributed by atoms with Crippen molar-refractivity contribution in [1.82, 2.24) is 0 Å². The highest BCUT2D eigenvalue weighted by atomic mass is 16.5. The SMILES string of the molecule is C=C(C)c1cccc2c(COC3(C(C)(C)O)CCCC3)cccc12. The fraction of sp³-hybridized carbons (Fsp3) is 0.455. The summed E-state index contributed by atoms with van der Waals surface area (Å²) in [6, 6.07) is 12.7. The van der Waals surface area contributed by atoms with E-state index in [1.54, 1.807) is 0 Å². The molecule has 2 nitrogen and oxygen atoms in total. The van der Waals surface area contributed by atoms with Crippen LogP contribution in [0.25, 0.3) is 16.3 Å². The minimum Gasteiger partial charge on any atom is -0.387 e. The van der Waals surface area contributed by atoms with E-state index in [4.69, 9.17) is 4.74 Å². The van der Waals surface area contributed by atoms with Crippen molar-refractivity contribution in [3.8, 4) is 0 Å². The van der Waals surface area contributed by atoms with Gasteiger partial charge in [-0.25, -0.2) is 0 Å². The number of fused-ring (bicyclic) bond motifs is 1. The highest BCUT2D eigenvalue weighted by molar-refractivity contribution is 5.95. The molecule has 1 fully saturated rings. The zero-order valence-electron chi connectivity index (χ0n) is 15.1. The number of rotatable bonds is 5. The van der Waals surface area contributed by atoms with Crippen LogP contribution in [-0.2, 0) is 11.3 Å². The Morgan fingerprint density at radius 1 is 1.12 bits per heavy atom. The largest absolute Gasteiger partial charge is 0.387 e. The Bertz CT molecular complexity index is 746. The van der Waals surface area contributed by atoms with Crippen LogP contribution in [-0.4, -0.2) is 16.3 Å². The summed E-state index contributed by atoms with van der Waals surface area (Å²) in [5, 5.41) is 13.1. The summed E-state index contributed by atoms with van der Waals surface area (Å²) in [4.78, 5) is 0. The number of aliphatic hydroxyl groups is 1. The van der Waals surface area contributed by atoms with Crippen molar-refractivity contribution < 1.29 is 9.84 Å². The van der Waals surface area contributed by atoms with E-state index in [0.717, 1.165) is 31.3 Å². The first kappa shape index (κ1) is 17.2. The smallest absolute Gasteiger partial charge is 0.0967 e. The Kier molecular flexibility index (Phi) is 4.54. The minimum absolute atomic E-state index is 0.429. The average molecular weight is 324 g/mol. The molecule has 0 unspecified atom stereocenters. The molecule has 0 heterocycles. The summed E-state index contributed by atoms with van der Waals surface area (Å²) in [6.07, 6.45) is 4.11. The van der Waals surface area contributed by atoms with Gasteiger partial charge in [0.05, 0.1) is 17.8 Å². The second-order valence-corrected chi connectivity index (χ2v) is 7.65. The number of benzene rings is 2. The molecule has 0 atom stereocenters. The van der Waals surface area contributed by atoms with Gasteiger partial charge >= 0.3 is 0 Å². The van der Waals surface area contributed by atoms with Crippen molar-refractivity contribution >= 4 is 16.3 Å². The fourth-order valence-corrected chi connectivity index (χ4v) is 3.97. The molecule has 0 bridgehead atoms. The topological polar surface area (TPSA) is 29.5 Å². The van der Waals surface area contributed by atoms with Crippen molar-refractivity contribution in [2.24, 2.45) is 0 Å². The third-order valence-electron chi connectivity index (χ3n) is 5.50. The summed E-state index contributed by atoms with van der Waals surface area (Å²) < 4.78 is 6.38. The maximum atomic E-state index is 10.6. The van der Waals surface area contributed by atoms with Gasteiger partial charge in [-0.05, 0) is 55.5 Å². The van der Waals surface area contributed by atoms with Crippen molar-refractivity contribution in [3.63, 3.8) is 0 Å². The van der Waals surface area contributed by atoms with E-state index >= 15 is 0 Å². The molecule has 24 heavy (non-hydrogen) atoms. The van der Waals surface area contributed by atoms with Crippen LogP contribution in [0.4, 0.5) is 0 Å². The van der Waals surface area contributed by atoms with Gasteiger partial charge < -0.3 is 9.84 Å². The van der Waals surface area contributed by atoms with Crippen LogP contribution >= 0.6 is 0 Å². The first-order valence-electron chi connectivity index (χ1n) is 8.87. The second-order valence-electron chi connectivity index (χ2n) is 7.65. The summed E-state index contributed by atoms with van der Waals surface area (Å²) in [6.45, 7) is 10.4. The lowest BCUT2D eigenvalue weighted by molar-refractivity contribution is -0.171. The molecule has 1 saturated carbocycles. The number of allylic oxidation sites excluding steroid dienone is 1. The molecule has 0 aromatic heterocycles. The molecule has 1 aliphatic carbocycles. The molecule has 3 rings (SSSR count). The van der Waals surface area contributed by atoms with Crippen molar-refractivity contribution in [2.75, 3.05) is 0 Å². The van der Waals surface area contributed by atoms with Crippen molar-refractivity contribution in [1.29, 1.82) is 0 Å². The van der Waals surface area contributed by atoms with Crippen LogP contribution in [0.1, 0.15) is 57.6 Å². The average Bonchev–Trinajstić information content (AvgIpc) is 3.02. The molecule has 0 aliphatic heterocycles. The zero-order chi connectivity index (χ0) is 17.4. The van der Waals surface area contributed by atoms with Gasteiger partial charge in [0.25, 0.3) is 0 Å². The first-order chi connectivity index (χ1) is 11.3.